The zero-order valence-corrected chi connectivity index (χ0v) is 14.0. The smallest absolute Gasteiger partial charge is 0.225 e. The summed E-state index contributed by atoms with van der Waals surface area (Å²) in [7, 11) is 1.67. The van der Waals surface area contributed by atoms with Crippen molar-refractivity contribution in [1.82, 2.24) is 5.32 Å². The molecule has 1 aromatic rings. The summed E-state index contributed by atoms with van der Waals surface area (Å²) >= 11 is 0. The van der Waals surface area contributed by atoms with Crippen molar-refractivity contribution in [2.75, 3.05) is 7.11 Å². The highest BCUT2D eigenvalue weighted by molar-refractivity contribution is 5.85. The zero-order chi connectivity index (χ0) is 15.0. The van der Waals surface area contributed by atoms with Crippen LogP contribution in [-0.4, -0.2) is 19.1 Å². The molecule has 4 unspecified atom stereocenters. The van der Waals surface area contributed by atoms with E-state index in [0.29, 0.717) is 18.4 Å². The van der Waals surface area contributed by atoms with Crippen LogP contribution in [0.2, 0.25) is 0 Å². The van der Waals surface area contributed by atoms with Gasteiger partial charge in [0.15, 0.2) is 0 Å². The number of ether oxygens (including phenoxy) is 1. The van der Waals surface area contributed by atoms with Crippen LogP contribution < -0.4 is 15.8 Å². The van der Waals surface area contributed by atoms with Crippen LogP contribution in [0.1, 0.15) is 30.4 Å². The van der Waals surface area contributed by atoms with E-state index in [-0.39, 0.29) is 30.3 Å². The largest absolute Gasteiger partial charge is 0.496 e. The Balaban J connectivity index is 0.00000176. The van der Waals surface area contributed by atoms with Crippen LogP contribution in [0.5, 0.6) is 5.75 Å². The molecule has 3 rings (SSSR count). The van der Waals surface area contributed by atoms with Crippen molar-refractivity contribution in [2.24, 2.45) is 23.5 Å². The molecule has 0 aliphatic heterocycles. The fourth-order valence-electron chi connectivity index (χ4n) is 4.01. The number of nitrogens with one attached hydrogen (secondary N) is 1. The number of halogens is 1. The highest BCUT2D eigenvalue weighted by atomic mass is 35.5. The van der Waals surface area contributed by atoms with Crippen molar-refractivity contribution < 1.29 is 9.53 Å². The molecule has 2 aliphatic rings. The Morgan fingerprint density at radius 2 is 2.09 bits per heavy atom. The van der Waals surface area contributed by atoms with Crippen LogP contribution in [-0.2, 0) is 11.3 Å². The summed E-state index contributed by atoms with van der Waals surface area (Å²) in [5, 5.41) is 3.05. The molecule has 3 N–H and O–H groups in total. The van der Waals surface area contributed by atoms with Crippen molar-refractivity contribution in [3.05, 3.63) is 29.3 Å². The first-order chi connectivity index (χ1) is 10.1. The van der Waals surface area contributed by atoms with Crippen LogP contribution in [0.3, 0.4) is 0 Å². The fourth-order valence-corrected chi connectivity index (χ4v) is 4.01. The lowest BCUT2D eigenvalue weighted by molar-refractivity contribution is -0.127. The average Bonchev–Trinajstić information content (AvgIpc) is 3.07. The molecule has 5 heteroatoms. The van der Waals surface area contributed by atoms with E-state index in [4.69, 9.17) is 10.5 Å². The minimum absolute atomic E-state index is 0. The Labute approximate surface area is 138 Å². The maximum absolute atomic E-state index is 12.4. The van der Waals surface area contributed by atoms with Gasteiger partial charge >= 0.3 is 0 Å². The van der Waals surface area contributed by atoms with Crippen molar-refractivity contribution in [2.45, 2.75) is 38.8 Å². The molecule has 0 aromatic heterocycles. The molecule has 2 aliphatic carbocycles. The maximum Gasteiger partial charge on any atom is 0.225 e. The maximum atomic E-state index is 12.4. The Hall–Kier alpha value is -1.26. The number of amides is 1. The van der Waals surface area contributed by atoms with Gasteiger partial charge in [-0.05, 0) is 55.2 Å². The summed E-state index contributed by atoms with van der Waals surface area (Å²) in [5.41, 5.74) is 8.38. The van der Waals surface area contributed by atoms with E-state index in [1.165, 1.54) is 6.42 Å². The Morgan fingerprint density at radius 1 is 1.36 bits per heavy atom. The minimum atomic E-state index is 0. The van der Waals surface area contributed by atoms with Gasteiger partial charge in [0.1, 0.15) is 5.75 Å². The predicted octanol–water partition coefficient (Wildman–Crippen LogP) is 2.42. The van der Waals surface area contributed by atoms with E-state index in [9.17, 15) is 4.79 Å². The zero-order valence-electron chi connectivity index (χ0n) is 13.2. The second-order valence-electron chi connectivity index (χ2n) is 6.46. The number of nitrogens with two attached hydrogens (primary N) is 1. The Kier molecular flexibility index (Phi) is 5.35. The Morgan fingerprint density at radius 3 is 2.73 bits per heavy atom. The topological polar surface area (TPSA) is 64.3 Å². The molecule has 4 nitrogen and oxygen atoms in total. The Bertz CT molecular complexity index is 547. The van der Waals surface area contributed by atoms with Crippen molar-refractivity contribution in [3.8, 4) is 5.75 Å². The second-order valence-corrected chi connectivity index (χ2v) is 6.46. The average molecular weight is 325 g/mol. The van der Waals surface area contributed by atoms with Gasteiger partial charge in [-0.25, -0.2) is 0 Å². The van der Waals surface area contributed by atoms with Gasteiger partial charge in [0.05, 0.1) is 13.0 Å². The van der Waals surface area contributed by atoms with E-state index in [2.05, 4.69) is 5.32 Å². The molecule has 1 aromatic carbocycles. The first-order valence-electron chi connectivity index (χ1n) is 7.77. The fraction of sp³-hybridized carbons (Fsp3) is 0.588. The second kappa shape index (κ2) is 6.88. The minimum Gasteiger partial charge on any atom is -0.496 e. The molecular formula is C17H25ClN2O2. The lowest BCUT2D eigenvalue weighted by Gasteiger charge is -2.27. The number of methoxy groups -OCH3 is 1. The number of carbonyl (C=O) groups excluding carboxylic acids is 1. The number of fused-ring (bicyclic) bond motifs is 2. The lowest BCUT2D eigenvalue weighted by atomic mass is 9.84. The third-order valence-corrected chi connectivity index (χ3v) is 5.22. The normalized spacial score (nSPS) is 29.0. The van der Waals surface area contributed by atoms with Gasteiger partial charge in [0.25, 0.3) is 0 Å². The number of rotatable bonds is 4. The van der Waals surface area contributed by atoms with Gasteiger partial charge in [0.2, 0.25) is 5.91 Å². The molecule has 122 valence electrons. The molecule has 4 atom stereocenters. The first-order valence-corrected chi connectivity index (χ1v) is 7.77. The van der Waals surface area contributed by atoms with Crippen LogP contribution >= 0.6 is 12.4 Å². The van der Waals surface area contributed by atoms with Gasteiger partial charge in [-0.1, -0.05) is 12.1 Å². The molecule has 2 fully saturated rings. The number of benzene rings is 1. The summed E-state index contributed by atoms with van der Waals surface area (Å²) < 4.78 is 5.32. The van der Waals surface area contributed by atoms with Crippen molar-refractivity contribution in [3.63, 3.8) is 0 Å². The molecular weight excluding hydrogens is 300 g/mol. The number of carbonyl (C=O) groups is 1. The number of hydrogen-bond acceptors (Lipinski definition) is 3. The third-order valence-electron chi connectivity index (χ3n) is 5.22. The van der Waals surface area contributed by atoms with E-state index in [1.807, 2.05) is 25.1 Å². The van der Waals surface area contributed by atoms with Gasteiger partial charge in [-0.3, -0.25) is 4.79 Å². The van der Waals surface area contributed by atoms with E-state index < -0.39 is 0 Å². The summed E-state index contributed by atoms with van der Waals surface area (Å²) in [6, 6.07) is 6.08. The van der Waals surface area contributed by atoms with Crippen LogP contribution in [0.4, 0.5) is 0 Å². The van der Waals surface area contributed by atoms with E-state index >= 15 is 0 Å². The molecule has 0 heterocycles. The molecule has 0 spiro atoms. The molecule has 0 saturated heterocycles. The third kappa shape index (κ3) is 3.08. The van der Waals surface area contributed by atoms with E-state index in [0.717, 1.165) is 29.7 Å². The van der Waals surface area contributed by atoms with Gasteiger partial charge in [-0.2, -0.15) is 0 Å². The van der Waals surface area contributed by atoms with Crippen molar-refractivity contribution in [1.29, 1.82) is 0 Å². The predicted molar refractivity (Wildman–Crippen MR) is 89.1 cm³/mol. The monoisotopic (exact) mass is 324 g/mol. The quantitative estimate of drug-likeness (QED) is 0.894. The summed E-state index contributed by atoms with van der Waals surface area (Å²) in [4.78, 5) is 12.4. The highest BCUT2D eigenvalue weighted by Gasteiger charge is 2.48. The summed E-state index contributed by atoms with van der Waals surface area (Å²) in [5.74, 6) is 2.05. The first kappa shape index (κ1) is 17.1. The molecule has 1 amide bonds. The molecule has 0 radical (unpaired) electrons. The summed E-state index contributed by atoms with van der Waals surface area (Å²) in [6.07, 6.45) is 3.50. The summed E-state index contributed by atoms with van der Waals surface area (Å²) in [6.45, 7) is 2.55. The molecule has 2 bridgehead atoms. The number of hydrogen-bond donors (Lipinski definition) is 2. The van der Waals surface area contributed by atoms with Crippen LogP contribution in [0.15, 0.2) is 18.2 Å². The van der Waals surface area contributed by atoms with Crippen LogP contribution in [0, 0.1) is 24.7 Å². The van der Waals surface area contributed by atoms with Crippen molar-refractivity contribution >= 4 is 18.3 Å². The molecule has 2 saturated carbocycles. The van der Waals surface area contributed by atoms with Gasteiger partial charge in [0, 0.05) is 12.6 Å². The SMILES string of the molecule is COc1cc(CNC(=O)C2C3CCC(C3)C2N)ccc1C.Cl. The van der Waals surface area contributed by atoms with Gasteiger partial charge in [-0.15, -0.1) is 12.4 Å². The number of aryl methyl sites for hydroxylation is 1. The molecule has 22 heavy (non-hydrogen) atoms. The van der Waals surface area contributed by atoms with Crippen LogP contribution in [0.25, 0.3) is 0 Å². The standard InChI is InChI=1S/C17H24N2O2.ClH/c1-10-3-4-11(7-14(10)21-2)9-19-17(20)15-12-5-6-13(8-12)16(15)18;/h3-4,7,12-13,15-16H,5-6,8-9,18H2,1-2H3,(H,19,20);1H. The van der Waals surface area contributed by atoms with Gasteiger partial charge < -0.3 is 15.8 Å². The van der Waals surface area contributed by atoms with E-state index in [1.54, 1.807) is 7.11 Å². The lowest BCUT2D eigenvalue weighted by Crippen LogP contribution is -2.45. The highest BCUT2D eigenvalue weighted by Crippen LogP contribution is 2.47.